The molecule has 2 aromatic rings. The van der Waals surface area contributed by atoms with Gasteiger partial charge in [-0.25, -0.2) is 15.0 Å². The van der Waals surface area contributed by atoms with E-state index < -0.39 is 0 Å². The third-order valence-electron chi connectivity index (χ3n) is 2.08. The summed E-state index contributed by atoms with van der Waals surface area (Å²) in [4.78, 5) is 12.5. The number of aromatic nitrogens is 2. The second-order valence-electron chi connectivity index (χ2n) is 3.36. The fourth-order valence-corrected chi connectivity index (χ4v) is 1.42. The molecule has 0 spiro atoms. The molecule has 0 fully saturated rings. The van der Waals surface area contributed by atoms with Crippen LogP contribution in [0.4, 0.5) is 5.69 Å². The number of hydrogen-bond acceptors (Lipinski definition) is 3. The van der Waals surface area contributed by atoms with Crippen molar-refractivity contribution in [1.82, 2.24) is 9.97 Å². The van der Waals surface area contributed by atoms with Crippen molar-refractivity contribution < 1.29 is 0 Å². The van der Waals surface area contributed by atoms with Crippen LogP contribution in [0.1, 0.15) is 0 Å². The molecule has 0 atom stereocenters. The Morgan fingerprint density at radius 3 is 2.71 bits per heavy atom. The highest BCUT2D eigenvalue weighted by Gasteiger charge is 2.00. The van der Waals surface area contributed by atoms with Crippen LogP contribution in [0.15, 0.2) is 47.7 Å². The van der Waals surface area contributed by atoms with Gasteiger partial charge in [-0.3, -0.25) is 0 Å². The minimum absolute atomic E-state index is 0.214. The lowest BCUT2D eigenvalue weighted by molar-refractivity contribution is 1.18. The molecular formula is C12H11ClN4. The van der Waals surface area contributed by atoms with Crippen LogP contribution in [-0.4, -0.2) is 21.7 Å². The Labute approximate surface area is 104 Å². The number of rotatable bonds is 3. The maximum atomic E-state index is 5.58. The quantitative estimate of drug-likeness (QED) is 0.514. The molecule has 0 radical (unpaired) electrons. The zero-order valence-electron chi connectivity index (χ0n) is 9.05. The van der Waals surface area contributed by atoms with Gasteiger partial charge >= 0.3 is 0 Å². The Hall–Kier alpha value is -1.94. The number of halogens is 1. The van der Waals surface area contributed by atoms with Crippen LogP contribution in [0.25, 0.3) is 11.4 Å². The highest BCUT2D eigenvalue weighted by Crippen LogP contribution is 2.20. The molecule has 5 heteroatoms. The third kappa shape index (κ3) is 3.01. The molecule has 0 aliphatic carbocycles. The minimum atomic E-state index is 0.214. The van der Waals surface area contributed by atoms with Gasteiger partial charge in [0, 0.05) is 18.0 Å². The molecule has 0 aliphatic rings. The first kappa shape index (κ1) is 11.5. The normalized spacial score (nSPS) is 11.5. The molecule has 0 aliphatic heterocycles. The second-order valence-corrected chi connectivity index (χ2v) is 3.63. The Morgan fingerprint density at radius 2 is 2.00 bits per heavy atom. The largest absolute Gasteiger partial charge is 0.386 e. The SMILES string of the molecule is NC(CCl)=Nc1cccc(-c2ncccn2)c1. The molecule has 0 saturated carbocycles. The van der Waals surface area contributed by atoms with Crippen LogP contribution in [0, 0.1) is 0 Å². The van der Waals surface area contributed by atoms with Crippen LogP contribution < -0.4 is 5.73 Å². The summed E-state index contributed by atoms with van der Waals surface area (Å²) in [6.45, 7) is 0. The predicted octanol–water partition coefficient (Wildman–Crippen LogP) is 2.37. The van der Waals surface area contributed by atoms with E-state index in [0.29, 0.717) is 11.7 Å². The van der Waals surface area contributed by atoms with Crippen LogP contribution in [0.2, 0.25) is 0 Å². The van der Waals surface area contributed by atoms with Gasteiger partial charge in [-0.05, 0) is 18.2 Å². The van der Waals surface area contributed by atoms with Crippen molar-refractivity contribution in [3.63, 3.8) is 0 Å². The average molecular weight is 247 g/mol. The number of hydrogen-bond donors (Lipinski definition) is 1. The lowest BCUT2D eigenvalue weighted by Crippen LogP contribution is -2.12. The Balaban J connectivity index is 2.36. The molecule has 86 valence electrons. The summed E-state index contributed by atoms with van der Waals surface area (Å²) in [7, 11) is 0. The number of amidine groups is 1. The van der Waals surface area contributed by atoms with E-state index in [0.717, 1.165) is 11.3 Å². The van der Waals surface area contributed by atoms with Crippen molar-refractivity contribution in [2.24, 2.45) is 10.7 Å². The topological polar surface area (TPSA) is 64.2 Å². The summed E-state index contributed by atoms with van der Waals surface area (Å²) in [5.74, 6) is 1.26. The lowest BCUT2D eigenvalue weighted by Gasteiger charge is -2.01. The zero-order chi connectivity index (χ0) is 12.1. The molecule has 0 bridgehead atoms. The number of aliphatic imine (C=N–C) groups is 1. The fraction of sp³-hybridized carbons (Fsp3) is 0.0833. The number of alkyl halides is 1. The van der Waals surface area contributed by atoms with E-state index in [1.165, 1.54) is 0 Å². The smallest absolute Gasteiger partial charge is 0.159 e. The van der Waals surface area contributed by atoms with Crippen LogP contribution in [0.3, 0.4) is 0 Å². The highest BCUT2D eigenvalue weighted by molar-refractivity contribution is 6.28. The molecular weight excluding hydrogens is 236 g/mol. The predicted molar refractivity (Wildman–Crippen MR) is 69.5 cm³/mol. The molecule has 0 amide bonds. The van der Waals surface area contributed by atoms with Crippen molar-refractivity contribution in [3.05, 3.63) is 42.7 Å². The summed E-state index contributed by atoms with van der Waals surface area (Å²) in [5.41, 5.74) is 7.22. The third-order valence-corrected chi connectivity index (χ3v) is 2.35. The van der Waals surface area contributed by atoms with Gasteiger partial charge in [0.05, 0.1) is 11.6 Å². The van der Waals surface area contributed by atoms with Crippen molar-refractivity contribution >= 4 is 23.1 Å². The van der Waals surface area contributed by atoms with Gasteiger partial charge in [0.15, 0.2) is 5.82 Å². The van der Waals surface area contributed by atoms with Gasteiger partial charge in [-0.1, -0.05) is 12.1 Å². The fourth-order valence-electron chi connectivity index (χ4n) is 1.36. The number of nitrogens with zero attached hydrogens (tertiary/aromatic N) is 3. The standard InChI is InChI=1S/C12H11ClN4/c13-8-11(14)17-10-4-1-3-9(7-10)12-15-5-2-6-16-12/h1-7H,8H2,(H2,14,17). The highest BCUT2D eigenvalue weighted by atomic mass is 35.5. The summed E-state index contributed by atoms with van der Waals surface area (Å²) in [6.07, 6.45) is 3.40. The summed E-state index contributed by atoms with van der Waals surface area (Å²) < 4.78 is 0. The molecule has 2 rings (SSSR count). The molecule has 0 saturated heterocycles. The number of benzene rings is 1. The van der Waals surface area contributed by atoms with Crippen LogP contribution >= 0.6 is 11.6 Å². The van der Waals surface area contributed by atoms with Crippen molar-refractivity contribution in [3.8, 4) is 11.4 Å². The van der Waals surface area contributed by atoms with E-state index in [2.05, 4.69) is 15.0 Å². The molecule has 1 heterocycles. The van der Waals surface area contributed by atoms with Crippen molar-refractivity contribution in [2.45, 2.75) is 0 Å². The maximum absolute atomic E-state index is 5.58. The first-order valence-corrected chi connectivity index (χ1v) is 5.59. The van der Waals surface area contributed by atoms with Gasteiger partial charge in [-0.2, -0.15) is 0 Å². The Morgan fingerprint density at radius 1 is 1.24 bits per heavy atom. The molecule has 4 nitrogen and oxygen atoms in total. The first-order chi connectivity index (χ1) is 8.29. The van der Waals surface area contributed by atoms with E-state index in [1.807, 2.05) is 24.3 Å². The van der Waals surface area contributed by atoms with Crippen LogP contribution in [0.5, 0.6) is 0 Å². The van der Waals surface area contributed by atoms with Gasteiger partial charge < -0.3 is 5.73 Å². The first-order valence-electron chi connectivity index (χ1n) is 5.06. The molecule has 0 unspecified atom stereocenters. The second kappa shape index (κ2) is 5.41. The van der Waals surface area contributed by atoms with Gasteiger partial charge in [0.2, 0.25) is 0 Å². The molecule has 2 N–H and O–H groups in total. The average Bonchev–Trinajstić information content (AvgIpc) is 2.40. The Kier molecular flexibility index (Phi) is 3.67. The van der Waals surface area contributed by atoms with Gasteiger partial charge in [0.1, 0.15) is 5.84 Å². The maximum Gasteiger partial charge on any atom is 0.159 e. The molecule has 1 aromatic heterocycles. The van der Waals surface area contributed by atoms with Gasteiger partial charge in [0.25, 0.3) is 0 Å². The zero-order valence-corrected chi connectivity index (χ0v) is 9.80. The monoisotopic (exact) mass is 246 g/mol. The lowest BCUT2D eigenvalue weighted by atomic mass is 10.2. The molecule has 17 heavy (non-hydrogen) atoms. The number of nitrogens with two attached hydrogens (primary N) is 1. The summed E-state index contributed by atoms with van der Waals surface area (Å²) in [5, 5.41) is 0. The molecule has 1 aromatic carbocycles. The van der Waals surface area contributed by atoms with E-state index in [1.54, 1.807) is 18.5 Å². The van der Waals surface area contributed by atoms with Crippen molar-refractivity contribution in [1.29, 1.82) is 0 Å². The van der Waals surface area contributed by atoms with E-state index >= 15 is 0 Å². The van der Waals surface area contributed by atoms with Gasteiger partial charge in [-0.15, -0.1) is 11.6 Å². The Bertz CT molecular complexity index is 525. The van der Waals surface area contributed by atoms with E-state index in [4.69, 9.17) is 17.3 Å². The summed E-state index contributed by atoms with van der Waals surface area (Å²) in [6, 6.07) is 9.30. The van der Waals surface area contributed by atoms with E-state index in [9.17, 15) is 0 Å². The van der Waals surface area contributed by atoms with Crippen molar-refractivity contribution in [2.75, 3.05) is 5.88 Å². The van der Waals surface area contributed by atoms with E-state index in [-0.39, 0.29) is 5.88 Å². The minimum Gasteiger partial charge on any atom is -0.386 e. The van der Waals surface area contributed by atoms with Crippen LogP contribution in [-0.2, 0) is 0 Å². The summed E-state index contributed by atoms with van der Waals surface area (Å²) >= 11 is 5.58.